The zero-order valence-corrected chi connectivity index (χ0v) is 12.7. The Kier molecular flexibility index (Phi) is 4.97. The largest absolute Gasteiger partial charge is 0.351 e. The summed E-state index contributed by atoms with van der Waals surface area (Å²) in [5.41, 5.74) is 2.75. The second-order valence-corrected chi connectivity index (χ2v) is 5.58. The van der Waals surface area contributed by atoms with Crippen LogP contribution in [0.5, 0.6) is 0 Å². The minimum Gasteiger partial charge on any atom is -0.351 e. The standard InChI is InChI=1S/C16H24N4/c1-4-8-20(14-6-5-7-18-11-14)16-15(10-17)12(2)9-13(3)19-16/h9,14,18H,4-8,11H2,1-3H3. The van der Waals surface area contributed by atoms with Crippen molar-refractivity contribution in [3.63, 3.8) is 0 Å². The van der Waals surface area contributed by atoms with Crippen LogP contribution in [-0.4, -0.2) is 30.7 Å². The van der Waals surface area contributed by atoms with E-state index in [1.54, 1.807) is 0 Å². The third-order valence-electron chi connectivity index (χ3n) is 3.89. The van der Waals surface area contributed by atoms with Crippen molar-refractivity contribution in [1.82, 2.24) is 10.3 Å². The summed E-state index contributed by atoms with van der Waals surface area (Å²) in [4.78, 5) is 7.01. The number of aromatic nitrogens is 1. The lowest BCUT2D eigenvalue weighted by atomic mass is 10.0. The highest BCUT2D eigenvalue weighted by atomic mass is 15.2. The lowest BCUT2D eigenvalue weighted by Crippen LogP contribution is -2.47. The van der Waals surface area contributed by atoms with Gasteiger partial charge in [-0.25, -0.2) is 4.98 Å². The number of nitrogens with zero attached hydrogens (tertiary/aromatic N) is 3. The predicted molar refractivity (Wildman–Crippen MR) is 82.0 cm³/mol. The number of rotatable bonds is 4. The summed E-state index contributed by atoms with van der Waals surface area (Å²) in [6, 6.07) is 4.78. The van der Waals surface area contributed by atoms with E-state index in [9.17, 15) is 5.26 Å². The Balaban J connectivity index is 2.40. The lowest BCUT2D eigenvalue weighted by Gasteiger charge is -2.36. The molecule has 2 heterocycles. The van der Waals surface area contributed by atoms with Crippen LogP contribution < -0.4 is 10.2 Å². The molecule has 1 saturated heterocycles. The van der Waals surface area contributed by atoms with Gasteiger partial charge in [0.25, 0.3) is 0 Å². The fraction of sp³-hybridized carbons (Fsp3) is 0.625. The van der Waals surface area contributed by atoms with Crippen molar-refractivity contribution in [3.05, 3.63) is 22.9 Å². The number of anilines is 1. The van der Waals surface area contributed by atoms with Crippen molar-refractivity contribution >= 4 is 5.82 Å². The molecular weight excluding hydrogens is 248 g/mol. The van der Waals surface area contributed by atoms with Crippen molar-refractivity contribution in [3.8, 4) is 6.07 Å². The summed E-state index contributed by atoms with van der Waals surface area (Å²) in [6.45, 7) is 9.22. The molecule has 1 N–H and O–H groups in total. The zero-order valence-electron chi connectivity index (χ0n) is 12.7. The third-order valence-corrected chi connectivity index (χ3v) is 3.89. The molecule has 0 aliphatic carbocycles. The van der Waals surface area contributed by atoms with E-state index in [2.05, 4.69) is 28.2 Å². The summed E-state index contributed by atoms with van der Waals surface area (Å²) >= 11 is 0. The fourth-order valence-corrected chi connectivity index (χ4v) is 2.96. The van der Waals surface area contributed by atoms with E-state index in [-0.39, 0.29) is 0 Å². The molecule has 4 heteroatoms. The highest BCUT2D eigenvalue weighted by Crippen LogP contribution is 2.25. The van der Waals surface area contributed by atoms with Gasteiger partial charge < -0.3 is 10.2 Å². The van der Waals surface area contributed by atoms with Gasteiger partial charge in [-0.2, -0.15) is 5.26 Å². The Morgan fingerprint density at radius 2 is 2.30 bits per heavy atom. The van der Waals surface area contributed by atoms with Gasteiger partial charge in [-0.3, -0.25) is 0 Å². The smallest absolute Gasteiger partial charge is 0.147 e. The van der Waals surface area contributed by atoms with Crippen molar-refractivity contribution in [2.75, 3.05) is 24.5 Å². The van der Waals surface area contributed by atoms with Crippen LogP contribution in [0.15, 0.2) is 6.07 Å². The van der Waals surface area contributed by atoms with Crippen LogP contribution >= 0.6 is 0 Å². The molecule has 1 fully saturated rings. The Labute approximate surface area is 121 Å². The average Bonchev–Trinajstić information content (AvgIpc) is 2.45. The third kappa shape index (κ3) is 3.10. The average molecular weight is 272 g/mol. The molecule has 1 aliphatic heterocycles. The maximum atomic E-state index is 9.47. The molecule has 1 aromatic rings. The molecule has 0 spiro atoms. The Hall–Kier alpha value is -1.60. The van der Waals surface area contributed by atoms with Crippen LogP contribution in [0.4, 0.5) is 5.82 Å². The first-order valence-electron chi connectivity index (χ1n) is 7.53. The maximum Gasteiger partial charge on any atom is 0.147 e. The summed E-state index contributed by atoms with van der Waals surface area (Å²) in [5, 5.41) is 12.9. The van der Waals surface area contributed by atoms with Gasteiger partial charge in [0.05, 0.1) is 5.56 Å². The molecular formula is C16H24N4. The molecule has 1 unspecified atom stereocenters. The predicted octanol–water partition coefficient (Wildman–Crippen LogP) is 2.54. The maximum absolute atomic E-state index is 9.47. The summed E-state index contributed by atoms with van der Waals surface area (Å²) < 4.78 is 0. The summed E-state index contributed by atoms with van der Waals surface area (Å²) in [5.74, 6) is 0.876. The molecule has 1 aromatic heterocycles. The quantitative estimate of drug-likeness (QED) is 0.915. The molecule has 0 aromatic carbocycles. The number of nitriles is 1. The molecule has 1 atom stereocenters. The number of hydrogen-bond acceptors (Lipinski definition) is 4. The number of piperidine rings is 1. The van der Waals surface area contributed by atoms with Crippen LogP contribution in [-0.2, 0) is 0 Å². The number of aryl methyl sites for hydroxylation is 2. The monoisotopic (exact) mass is 272 g/mol. The first-order valence-corrected chi connectivity index (χ1v) is 7.53. The minimum absolute atomic E-state index is 0.449. The van der Waals surface area contributed by atoms with E-state index in [0.29, 0.717) is 6.04 Å². The number of nitrogens with one attached hydrogen (secondary N) is 1. The molecule has 0 bridgehead atoms. The molecule has 108 valence electrons. The highest BCUT2D eigenvalue weighted by Gasteiger charge is 2.24. The van der Waals surface area contributed by atoms with Gasteiger partial charge in [0.2, 0.25) is 0 Å². The fourth-order valence-electron chi connectivity index (χ4n) is 2.96. The SMILES string of the molecule is CCCN(c1nc(C)cc(C)c1C#N)C1CCCNC1. The first-order chi connectivity index (χ1) is 9.67. The van der Waals surface area contributed by atoms with E-state index < -0.39 is 0 Å². The van der Waals surface area contributed by atoms with Crippen molar-refractivity contribution in [2.45, 2.75) is 46.1 Å². The molecule has 1 aliphatic rings. The zero-order chi connectivity index (χ0) is 14.5. The lowest BCUT2D eigenvalue weighted by molar-refractivity contribution is 0.428. The second kappa shape index (κ2) is 6.71. The number of hydrogen-bond donors (Lipinski definition) is 1. The Bertz CT molecular complexity index is 498. The summed E-state index contributed by atoms with van der Waals surface area (Å²) in [7, 11) is 0. The second-order valence-electron chi connectivity index (χ2n) is 5.58. The Morgan fingerprint density at radius 1 is 1.50 bits per heavy atom. The van der Waals surface area contributed by atoms with Gasteiger partial charge in [0, 0.05) is 24.8 Å². The van der Waals surface area contributed by atoms with Crippen LogP contribution in [0, 0.1) is 25.2 Å². The van der Waals surface area contributed by atoms with Gasteiger partial charge >= 0.3 is 0 Å². The van der Waals surface area contributed by atoms with E-state index in [1.165, 1.54) is 12.8 Å². The van der Waals surface area contributed by atoms with E-state index in [1.807, 2.05) is 19.9 Å². The van der Waals surface area contributed by atoms with E-state index in [4.69, 9.17) is 0 Å². The van der Waals surface area contributed by atoms with Gasteiger partial charge in [-0.15, -0.1) is 0 Å². The highest BCUT2D eigenvalue weighted by molar-refractivity contribution is 5.58. The van der Waals surface area contributed by atoms with Crippen LogP contribution in [0.2, 0.25) is 0 Å². The first kappa shape index (κ1) is 14.8. The molecule has 4 nitrogen and oxygen atoms in total. The van der Waals surface area contributed by atoms with E-state index >= 15 is 0 Å². The van der Waals surface area contributed by atoms with Crippen molar-refractivity contribution < 1.29 is 0 Å². The van der Waals surface area contributed by atoms with Crippen molar-refractivity contribution in [1.29, 1.82) is 5.26 Å². The van der Waals surface area contributed by atoms with Crippen molar-refractivity contribution in [2.24, 2.45) is 0 Å². The molecule has 0 amide bonds. The number of pyridine rings is 1. The normalized spacial score (nSPS) is 18.6. The molecule has 2 rings (SSSR count). The van der Waals surface area contributed by atoms with Gasteiger partial charge in [0.15, 0.2) is 0 Å². The van der Waals surface area contributed by atoms with Crippen LogP contribution in [0.3, 0.4) is 0 Å². The summed E-state index contributed by atoms with van der Waals surface area (Å²) in [6.07, 6.45) is 3.43. The molecule has 20 heavy (non-hydrogen) atoms. The van der Waals surface area contributed by atoms with Gasteiger partial charge in [-0.1, -0.05) is 6.92 Å². The van der Waals surface area contributed by atoms with Gasteiger partial charge in [-0.05, 0) is 51.3 Å². The Morgan fingerprint density at radius 3 is 2.90 bits per heavy atom. The van der Waals surface area contributed by atoms with Crippen LogP contribution in [0.25, 0.3) is 0 Å². The minimum atomic E-state index is 0.449. The van der Waals surface area contributed by atoms with E-state index in [0.717, 1.165) is 48.7 Å². The molecule has 0 radical (unpaired) electrons. The van der Waals surface area contributed by atoms with Gasteiger partial charge in [0.1, 0.15) is 11.9 Å². The van der Waals surface area contributed by atoms with Crippen LogP contribution in [0.1, 0.15) is 43.0 Å². The molecule has 0 saturated carbocycles. The topological polar surface area (TPSA) is 52.0 Å².